The van der Waals surface area contributed by atoms with Gasteiger partial charge in [0.05, 0.1) is 0 Å². The third-order valence-electron chi connectivity index (χ3n) is 1.06. The number of rotatable bonds is 0. The van der Waals surface area contributed by atoms with Gasteiger partial charge in [0.15, 0.2) is 0 Å². The molecule has 0 radical (unpaired) electrons. The van der Waals surface area contributed by atoms with E-state index in [0.717, 1.165) is 0 Å². The molecule has 0 aliphatic heterocycles. The Kier molecular flexibility index (Phi) is 12.6. The third kappa shape index (κ3) is 15.8. The van der Waals surface area contributed by atoms with Gasteiger partial charge >= 0.3 is 16.5 Å². The molecule has 0 heterocycles. The summed E-state index contributed by atoms with van der Waals surface area (Å²) in [5.74, 6) is 0. The number of sulfone groups is 3. The summed E-state index contributed by atoms with van der Waals surface area (Å²) < 4.78 is 155. The monoisotopic (exact) mass is 505 g/mol. The maximum atomic E-state index is 10.9. The topological polar surface area (TPSA) is 102 Å². The van der Waals surface area contributed by atoms with Crippen LogP contribution in [0.5, 0.6) is 0 Å². The second-order valence-corrected chi connectivity index (χ2v) is 8.26. The molecule has 0 bridgehead atoms. The van der Waals surface area contributed by atoms with Crippen molar-refractivity contribution in [1.29, 1.82) is 0 Å². The Balaban J connectivity index is -0.000000130. The van der Waals surface area contributed by atoms with Crippen molar-refractivity contribution >= 4 is 29.5 Å². The summed E-state index contributed by atoms with van der Waals surface area (Å²) in [4.78, 5) is 0. The molecule has 0 aromatic rings. The van der Waals surface area contributed by atoms with Gasteiger partial charge in [-0.1, -0.05) is 0 Å². The average Bonchev–Trinajstić information content (AvgIpc) is 2.08. The van der Waals surface area contributed by atoms with Gasteiger partial charge < -0.3 is 0 Å². The van der Waals surface area contributed by atoms with Crippen molar-refractivity contribution in [3.8, 4) is 0 Å². The molecule has 0 aromatic carbocycles. The van der Waals surface area contributed by atoms with Gasteiger partial charge in [-0.25, -0.2) is 18.8 Å². The molecule has 0 aliphatic carbocycles. The van der Waals surface area contributed by atoms with Crippen molar-refractivity contribution in [2.75, 3.05) is 0 Å². The van der Waals surface area contributed by atoms with Gasteiger partial charge in [0.1, 0.15) is 29.5 Å². The predicted octanol–water partition coefficient (Wildman–Crippen LogP) is 2.14. The van der Waals surface area contributed by atoms with Crippen molar-refractivity contribution < 1.29 is 84.2 Å². The molecular formula is C6H6F9O6S3Zn-3. The molecule has 0 aromatic heterocycles. The zero-order chi connectivity index (χ0) is 21.0. The number of hydrogen-bond donors (Lipinski definition) is 0. The fourth-order valence-corrected chi connectivity index (χ4v) is 0. The molecule has 6 nitrogen and oxygen atoms in total. The Bertz CT molecular complexity index is 599. The molecule has 0 saturated heterocycles. The first-order chi connectivity index (χ1) is 9.75. The van der Waals surface area contributed by atoms with E-state index in [2.05, 4.69) is 0 Å². The van der Waals surface area contributed by atoms with E-state index in [9.17, 15) is 64.8 Å². The van der Waals surface area contributed by atoms with E-state index in [1.54, 1.807) is 0 Å². The fraction of sp³-hybridized carbons (Fsp3) is 0.500. The molecule has 0 amide bonds. The Morgan fingerprint density at radius 2 is 0.480 bits per heavy atom. The van der Waals surface area contributed by atoms with E-state index in [-0.39, 0.29) is 19.5 Å². The summed E-state index contributed by atoms with van der Waals surface area (Å²) in [6.45, 7) is 0. The summed E-state index contributed by atoms with van der Waals surface area (Å²) in [5.41, 5.74) is -15.6. The van der Waals surface area contributed by atoms with Crippen LogP contribution in [0.25, 0.3) is 0 Å². The van der Waals surface area contributed by atoms with Gasteiger partial charge in [-0.05, 0) is 0 Å². The smallest absolute Gasteiger partial charge is 0.254 e. The quantitative estimate of drug-likeness (QED) is 0.283. The minimum Gasteiger partial charge on any atom is -0.254 e. The van der Waals surface area contributed by atoms with Gasteiger partial charge in [-0.2, -0.15) is 39.5 Å². The first-order valence-electron chi connectivity index (χ1n) is 4.18. The Hall–Kier alpha value is -0.157. The van der Waals surface area contributed by atoms with Gasteiger partial charge in [-0.15, -0.1) is 0 Å². The van der Waals surface area contributed by atoms with Crippen LogP contribution >= 0.6 is 0 Å². The van der Waals surface area contributed by atoms with Crippen LogP contribution in [0, 0.1) is 18.8 Å². The predicted molar refractivity (Wildman–Crippen MR) is 61.0 cm³/mol. The van der Waals surface area contributed by atoms with E-state index < -0.39 is 46.0 Å². The van der Waals surface area contributed by atoms with E-state index >= 15 is 0 Å². The first kappa shape index (κ1) is 32.5. The van der Waals surface area contributed by atoms with Crippen molar-refractivity contribution in [2.24, 2.45) is 0 Å². The van der Waals surface area contributed by atoms with Gasteiger partial charge in [0.25, 0.3) is 0 Å². The second-order valence-electron chi connectivity index (χ2n) is 3.18. The third-order valence-corrected chi connectivity index (χ3v) is 3.17. The van der Waals surface area contributed by atoms with Crippen molar-refractivity contribution in [3.63, 3.8) is 0 Å². The van der Waals surface area contributed by atoms with E-state index in [4.69, 9.17) is 0 Å². The maximum absolute atomic E-state index is 10.9. The van der Waals surface area contributed by atoms with Crippen molar-refractivity contribution in [3.05, 3.63) is 18.8 Å². The molecule has 25 heavy (non-hydrogen) atoms. The zero-order valence-corrected chi connectivity index (χ0v) is 16.8. The molecule has 0 fully saturated rings. The molecule has 0 spiro atoms. The molecule has 0 saturated carbocycles. The largest absolute Gasteiger partial charge is 0.468 e. The molecular weight excluding hydrogens is 501 g/mol. The molecule has 0 N–H and O–H groups in total. The van der Waals surface area contributed by atoms with Gasteiger partial charge in [-0.3, -0.25) is 25.3 Å². The Morgan fingerprint density at radius 3 is 0.480 bits per heavy atom. The zero-order valence-electron chi connectivity index (χ0n) is 11.4. The Labute approximate surface area is 149 Å². The number of halogens is 9. The van der Waals surface area contributed by atoms with E-state index in [1.165, 1.54) is 0 Å². The van der Waals surface area contributed by atoms with Crippen LogP contribution in [0.15, 0.2) is 0 Å². The van der Waals surface area contributed by atoms with Crippen molar-refractivity contribution in [2.45, 2.75) is 16.5 Å². The second kappa shape index (κ2) is 9.68. The van der Waals surface area contributed by atoms with Crippen LogP contribution < -0.4 is 0 Å². The Morgan fingerprint density at radius 1 is 0.440 bits per heavy atom. The molecule has 152 valence electrons. The van der Waals surface area contributed by atoms with E-state index in [0.29, 0.717) is 0 Å². The van der Waals surface area contributed by atoms with Gasteiger partial charge in [0, 0.05) is 19.5 Å². The molecule has 0 rings (SSSR count). The molecule has 19 heteroatoms. The minimum absolute atomic E-state index is 0. The van der Waals surface area contributed by atoms with Crippen LogP contribution in [0.2, 0.25) is 0 Å². The van der Waals surface area contributed by atoms with Crippen LogP contribution in [0.1, 0.15) is 0 Å². The van der Waals surface area contributed by atoms with Crippen LogP contribution in [0.4, 0.5) is 39.5 Å². The first-order valence-corrected chi connectivity index (χ1v) is 9.14. The molecule has 0 aliphatic rings. The molecule has 0 atom stereocenters. The summed E-state index contributed by atoms with van der Waals surface area (Å²) >= 11 is 0. The van der Waals surface area contributed by atoms with Crippen LogP contribution in [0.3, 0.4) is 0 Å². The van der Waals surface area contributed by atoms with Gasteiger partial charge in [0.2, 0.25) is 0 Å². The van der Waals surface area contributed by atoms with Crippen molar-refractivity contribution in [1.82, 2.24) is 0 Å². The fourth-order valence-electron chi connectivity index (χ4n) is 0. The van der Waals surface area contributed by atoms with Crippen LogP contribution in [-0.2, 0) is 49.0 Å². The summed E-state index contributed by atoms with van der Waals surface area (Å²) in [6, 6.07) is 0. The number of alkyl halides is 9. The summed E-state index contributed by atoms with van der Waals surface area (Å²) in [5, 5.41) is 0. The maximum Gasteiger partial charge on any atom is 0.468 e. The number of hydrogen-bond acceptors (Lipinski definition) is 6. The van der Waals surface area contributed by atoms with Crippen LogP contribution in [-0.4, -0.2) is 41.8 Å². The summed E-state index contributed by atoms with van der Waals surface area (Å²) in [6.07, 6.45) is 5.67. The summed E-state index contributed by atoms with van der Waals surface area (Å²) in [7, 11) is -15.3. The molecule has 0 unspecified atom stereocenters. The SMILES string of the molecule is [CH2-]S(=O)(=O)C(F)(F)F.[CH2-]S(=O)(=O)C(F)(F)F.[CH2-]S(=O)(=O)C(F)(F)F.[Zn]. The normalized spacial score (nSPS) is 13.4. The van der Waals surface area contributed by atoms with E-state index in [1.807, 2.05) is 18.8 Å². The minimum atomic E-state index is -5.20. The standard InChI is InChI=1S/3C2H2F3O2S.Zn/c3*1-8(6,7)2(3,4)5;/h3*1H2;/q3*-1;. The average molecular weight is 507 g/mol.